The van der Waals surface area contributed by atoms with Gasteiger partial charge in [0.15, 0.2) is 0 Å². The summed E-state index contributed by atoms with van der Waals surface area (Å²) in [4.78, 5) is 0. The highest BCUT2D eigenvalue weighted by atomic mass is 16.5. The molecule has 1 heterocycles. The lowest BCUT2D eigenvalue weighted by Gasteiger charge is -2.37. The summed E-state index contributed by atoms with van der Waals surface area (Å²) in [5.41, 5.74) is 4.94. The fourth-order valence-electron chi connectivity index (χ4n) is 5.05. The Bertz CT molecular complexity index is 1290. The van der Waals surface area contributed by atoms with E-state index in [0.717, 1.165) is 33.0 Å². The molecule has 4 aromatic rings. The maximum Gasteiger partial charge on any atom is 0.310 e. The fourth-order valence-corrected chi connectivity index (χ4v) is 5.05. The van der Waals surface area contributed by atoms with Crippen molar-refractivity contribution < 1.29 is 14.2 Å². The highest BCUT2D eigenvalue weighted by Gasteiger charge is 2.36. The van der Waals surface area contributed by atoms with Crippen LogP contribution in [0.15, 0.2) is 65.1 Å². The minimum absolute atomic E-state index is 0.401. The lowest BCUT2D eigenvalue weighted by molar-refractivity contribution is -0.0893. The van der Waals surface area contributed by atoms with Crippen LogP contribution in [-0.2, 0) is 4.65 Å². The predicted molar refractivity (Wildman–Crippen MR) is 143 cm³/mol. The summed E-state index contributed by atoms with van der Waals surface area (Å²) in [7, 11) is 0.401. The molecule has 0 saturated heterocycles. The zero-order chi connectivity index (χ0) is 23.9. The van der Waals surface area contributed by atoms with E-state index >= 15 is 0 Å². The van der Waals surface area contributed by atoms with Crippen LogP contribution in [-0.4, -0.2) is 23.8 Å². The third-order valence-corrected chi connectivity index (χ3v) is 7.97. The first-order chi connectivity index (χ1) is 16.2. The highest BCUT2D eigenvalue weighted by Crippen LogP contribution is 2.37. The van der Waals surface area contributed by atoms with E-state index < -0.39 is 11.2 Å². The van der Waals surface area contributed by atoms with Crippen LogP contribution in [0.5, 0.6) is 0 Å². The van der Waals surface area contributed by atoms with Gasteiger partial charge in [0, 0.05) is 16.3 Å². The van der Waals surface area contributed by atoms with Crippen LogP contribution in [0.4, 0.5) is 0 Å². The third-order valence-electron chi connectivity index (χ3n) is 7.97. The van der Waals surface area contributed by atoms with Gasteiger partial charge < -0.3 is 14.2 Å². The Kier molecular flexibility index (Phi) is 6.08. The van der Waals surface area contributed by atoms with Gasteiger partial charge in [-0.05, 0) is 69.1 Å². The molecular formula is C30H35BO3. The maximum atomic E-state index is 10.5. The fraction of sp³-hybridized carbons (Fsp3) is 0.400. The normalized spacial score (nSPS) is 15.8. The van der Waals surface area contributed by atoms with E-state index in [0.29, 0.717) is 13.4 Å². The van der Waals surface area contributed by atoms with Crippen molar-refractivity contribution in [2.75, 3.05) is 0 Å². The number of furan rings is 1. The van der Waals surface area contributed by atoms with E-state index in [-0.39, 0.29) is 0 Å². The Morgan fingerprint density at radius 1 is 0.882 bits per heavy atom. The molecule has 0 amide bonds. The van der Waals surface area contributed by atoms with Crippen LogP contribution in [0.3, 0.4) is 0 Å². The van der Waals surface area contributed by atoms with Gasteiger partial charge in [0.05, 0.1) is 11.2 Å². The van der Waals surface area contributed by atoms with E-state index in [1.807, 2.05) is 32.0 Å². The first-order valence-corrected chi connectivity index (χ1v) is 12.6. The Morgan fingerprint density at radius 2 is 1.59 bits per heavy atom. The quantitative estimate of drug-likeness (QED) is 0.324. The number of fused-ring (bicyclic) bond motifs is 3. The molecular weight excluding hydrogens is 419 g/mol. The molecule has 1 fully saturated rings. The van der Waals surface area contributed by atoms with Crippen LogP contribution in [0.25, 0.3) is 33.1 Å². The van der Waals surface area contributed by atoms with Crippen molar-refractivity contribution >= 4 is 34.9 Å². The number of hydrogen-bond donors (Lipinski definition) is 1. The molecule has 0 spiro atoms. The Labute approximate surface area is 203 Å². The monoisotopic (exact) mass is 454 g/mol. The van der Waals surface area contributed by atoms with Crippen LogP contribution >= 0.6 is 0 Å². The second-order valence-electron chi connectivity index (χ2n) is 10.9. The first-order valence-electron chi connectivity index (χ1n) is 12.6. The summed E-state index contributed by atoms with van der Waals surface area (Å²) in [6.07, 6.45) is 6.69. The summed E-state index contributed by atoms with van der Waals surface area (Å²) in [6.45, 7) is 7.44. The molecule has 1 N–H and O–H groups in total. The van der Waals surface area contributed by atoms with E-state index in [2.05, 4.69) is 42.5 Å². The van der Waals surface area contributed by atoms with Crippen molar-refractivity contribution in [1.29, 1.82) is 0 Å². The summed E-state index contributed by atoms with van der Waals surface area (Å²) in [5, 5.41) is 12.7. The standard InChI is InChI=1S/C30H35BO3/c1-29(2,32)30(3,4)34-31-25-19-18-23(28-27(25)24-12-8-9-13-26(24)33-28)22-16-14-21(15-17-22)20-10-6-5-7-11-20/h8-9,12-20,31-32H,5-7,10-11H2,1-4H3. The second kappa shape index (κ2) is 8.90. The molecule has 0 atom stereocenters. The van der Waals surface area contributed by atoms with Gasteiger partial charge in [-0.15, -0.1) is 0 Å². The molecule has 4 heteroatoms. The number of rotatable bonds is 6. The third kappa shape index (κ3) is 4.30. The minimum atomic E-state index is -0.954. The molecule has 0 unspecified atom stereocenters. The Hall–Kier alpha value is -2.56. The molecule has 5 rings (SSSR count). The van der Waals surface area contributed by atoms with Crippen LogP contribution < -0.4 is 5.46 Å². The average molecular weight is 454 g/mol. The average Bonchev–Trinajstić information content (AvgIpc) is 3.22. The maximum absolute atomic E-state index is 10.5. The second-order valence-corrected chi connectivity index (χ2v) is 10.9. The van der Waals surface area contributed by atoms with Crippen molar-refractivity contribution in [2.45, 2.75) is 76.9 Å². The van der Waals surface area contributed by atoms with Crippen molar-refractivity contribution in [1.82, 2.24) is 0 Å². The van der Waals surface area contributed by atoms with Crippen molar-refractivity contribution in [3.63, 3.8) is 0 Å². The van der Waals surface area contributed by atoms with Crippen molar-refractivity contribution in [3.05, 3.63) is 66.2 Å². The molecule has 1 aliphatic carbocycles. The topological polar surface area (TPSA) is 42.6 Å². The van der Waals surface area contributed by atoms with Gasteiger partial charge in [0.25, 0.3) is 0 Å². The molecule has 0 bridgehead atoms. The molecule has 176 valence electrons. The van der Waals surface area contributed by atoms with Crippen LogP contribution in [0.1, 0.15) is 71.3 Å². The van der Waals surface area contributed by atoms with E-state index in [1.54, 1.807) is 13.8 Å². The molecule has 34 heavy (non-hydrogen) atoms. The zero-order valence-electron chi connectivity index (χ0n) is 20.9. The lowest BCUT2D eigenvalue weighted by atomic mass is 9.79. The van der Waals surface area contributed by atoms with Gasteiger partial charge in [-0.25, -0.2) is 0 Å². The van der Waals surface area contributed by atoms with Crippen molar-refractivity contribution in [3.8, 4) is 11.1 Å². The number of benzene rings is 3. The molecule has 0 radical (unpaired) electrons. The molecule has 1 aliphatic rings. The van der Waals surface area contributed by atoms with Gasteiger partial charge in [0.1, 0.15) is 11.2 Å². The number of para-hydroxylation sites is 1. The molecule has 3 aromatic carbocycles. The van der Waals surface area contributed by atoms with E-state index in [1.165, 1.54) is 43.2 Å². The molecule has 3 nitrogen and oxygen atoms in total. The highest BCUT2D eigenvalue weighted by molar-refractivity contribution is 6.53. The zero-order valence-corrected chi connectivity index (χ0v) is 20.9. The van der Waals surface area contributed by atoms with Crippen LogP contribution in [0.2, 0.25) is 0 Å². The lowest BCUT2D eigenvalue weighted by Crippen LogP contribution is -2.49. The molecule has 0 aliphatic heterocycles. The Balaban J connectivity index is 1.55. The summed E-state index contributed by atoms with van der Waals surface area (Å²) in [6, 6.07) is 21.6. The van der Waals surface area contributed by atoms with Gasteiger partial charge >= 0.3 is 7.48 Å². The largest absolute Gasteiger partial charge is 0.455 e. The SMILES string of the molecule is CC(C)(O)C(C)(C)OBc1ccc(-c2ccc(C3CCCCC3)cc2)c2oc3ccccc3c12. The molecule has 1 saturated carbocycles. The smallest absolute Gasteiger partial charge is 0.310 e. The minimum Gasteiger partial charge on any atom is -0.455 e. The van der Waals surface area contributed by atoms with Gasteiger partial charge in [-0.3, -0.25) is 0 Å². The summed E-state index contributed by atoms with van der Waals surface area (Å²) >= 11 is 0. The predicted octanol–water partition coefficient (Wildman–Crippen LogP) is 6.84. The molecule has 1 aromatic heterocycles. The Morgan fingerprint density at radius 3 is 2.29 bits per heavy atom. The summed E-state index contributed by atoms with van der Waals surface area (Å²) < 4.78 is 12.7. The van der Waals surface area contributed by atoms with E-state index in [9.17, 15) is 5.11 Å². The van der Waals surface area contributed by atoms with E-state index in [4.69, 9.17) is 9.07 Å². The van der Waals surface area contributed by atoms with Crippen LogP contribution in [0, 0.1) is 0 Å². The van der Waals surface area contributed by atoms with Gasteiger partial charge in [-0.2, -0.15) is 0 Å². The van der Waals surface area contributed by atoms with Gasteiger partial charge in [-0.1, -0.05) is 73.9 Å². The number of aliphatic hydroxyl groups is 1. The number of hydrogen-bond acceptors (Lipinski definition) is 3. The summed E-state index contributed by atoms with van der Waals surface area (Å²) in [5.74, 6) is 0.702. The van der Waals surface area contributed by atoms with Crippen molar-refractivity contribution in [2.24, 2.45) is 0 Å². The van der Waals surface area contributed by atoms with Gasteiger partial charge in [0.2, 0.25) is 0 Å². The first kappa shape index (κ1) is 23.2.